The summed E-state index contributed by atoms with van der Waals surface area (Å²) >= 11 is 0. The molecule has 1 aliphatic heterocycles. The van der Waals surface area contributed by atoms with Crippen molar-refractivity contribution in [2.75, 3.05) is 4.90 Å². The lowest BCUT2D eigenvalue weighted by molar-refractivity contribution is -0.114. The van der Waals surface area contributed by atoms with Crippen LogP contribution in [-0.4, -0.2) is 21.2 Å². The molecular weight excluding hydrogens is 273 g/mol. The average molecular weight is 287 g/mol. The number of anilines is 1. The van der Waals surface area contributed by atoms with Crippen molar-refractivity contribution < 1.29 is 14.0 Å². The van der Waals surface area contributed by atoms with Crippen molar-refractivity contribution in [3.8, 4) is 0 Å². The highest BCUT2D eigenvalue weighted by molar-refractivity contribution is 6.52. The van der Waals surface area contributed by atoms with Gasteiger partial charge in [0, 0.05) is 12.2 Å². The standard InChI is InChI=1S/C15H14FN3O2/c1-9(2)19-8-17-6-11(19)7-18-13-5-10(16)3-4-12(13)14(20)15(18)21/h3-6,8-9H,7H2,1-2H3. The van der Waals surface area contributed by atoms with E-state index in [0.29, 0.717) is 5.69 Å². The summed E-state index contributed by atoms with van der Waals surface area (Å²) < 4.78 is 15.3. The van der Waals surface area contributed by atoms with Crippen molar-refractivity contribution in [2.45, 2.75) is 26.4 Å². The molecule has 0 radical (unpaired) electrons. The third-order valence-electron chi connectivity index (χ3n) is 3.56. The Kier molecular flexibility index (Phi) is 3.08. The molecule has 0 fully saturated rings. The number of aromatic nitrogens is 2. The number of nitrogens with zero attached hydrogens (tertiary/aromatic N) is 3. The Morgan fingerprint density at radius 1 is 1.29 bits per heavy atom. The number of imidazole rings is 1. The van der Waals surface area contributed by atoms with Crippen LogP contribution < -0.4 is 4.90 Å². The van der Waals surface area contributed by atoms with Gasteiger partial charge in [0.1, 0.15) is 5.82 Å². The van der Waals surface area contributed by atoms with Crippen LogP contribution in [0.25, 0.3) is 0 Å². The fraction of sp³-hybridized carbons (Fsp3) is 0.267. The molecule has 21 heavy (non-hydrogen) atoms. The van der Waals surface area contributed by atoms with E-state index >= 15 is 0 Å². The molecule has 0 spiro atoms. The van der Waals surface area contributed by atoms with Crippen LogP contribution >= 0.6 is 0 Å². The van der Waals surface area contributed by atoms with Gasteiger partial charge in [-0.2, -0.15) is 0 Å². The van der Waals surface area contributed by atoms with Gasteiger partial charge < -0.3 is 4.57 Å². The predicted octanol–water partition coefficient (Wildman–Crippen LogP) is 2.33. The van der Waals surface area contributed by atoms with Crippen LogP contribution in [0.15, 0.2) is 30.7 Å². The second-order valence-corrected chi connectivity index (χ2v) is 5.27. The Labute approximate surface area is 121 Å². The van der Waals surface area contributed by atoms with Crippen LogP contribution in [0.4, 0.5) is 10.1 Å². The minimum atomic E-state index is -0.632. The Hall–Kier alpha value is -2.50. The third-order valence-corrected chi connectivity index (χ3v) is 3.56. The first-order valence-corrected chi connectivity index (χ1v) is 6.65. The number of fused-ring (bicyclic) bond motifs is 1. The second-order valence-electron chi connectivity index (χ2n) is 5.27. The molecule has 1 aromatic heterocycles. The molecule has 1 amide bonds. The minimum absolute atomic E-state index is 0.183. The number of Topliss-reactive ketones (excluding diaryl/α,β-unsaturated/α-hetero) is 1. The summed E-state index contributed by atoms with van der Waals surface area (Å²) in [6.07, 6.45) is 3.32. The maximum absolute atomic E-state index is 13.4. The Bertz CT molecular complexity index is 736. The van der Waals surface area contributed by atoms with Gasteiger partial charge in [0.25, 0.3) is 11.7 Å². The summed E-state index contributed by atoms with van der Waals surface area (Å²) in [4.78, 5) is 29.4. The smallest absolute Gasteiger partial charge is 0.299 e. The molecule has 6 heteroatoms. The van der Waals surface area contributed by atoms with Crippen LogP contribution in [-0.2, 0) is 11.3 Å². The van der Waals surface area contributed by atoms with E-state index in [-0.39, 0.29) is 18.2 Å². The van der Waals surface area contributed by atoms with E-state index in [1.165, 1.54) is 23.1 Å². The van der Waals surface area contributed by atoms with E-state index in [1.54, 1.807) is 12.5 Å². The Morgan fingerprint density at radius 3 is 2.76 bits per heavy atom. The summed E-state index contributed by atoms with van der Waals surface area (Å²) in [6, 6.07) is 3.94. The average Bonchev–Trinajstić information content (AvgIpc) is 2.99. The quantitative estimate of drug-likeness (QED) is 0.814. The van der Waals surface area contributed by atoms with E-state index in [0.717, 1.165) is 5.69 Å². The zero-order valence-corrected chi connectivity index (χ0v) is 11.7. The van der Waals surface area contributed by atoms with Gasteiger partial charge >= 0.3 is 0 Å². The van der Waals surface area contributed by atoms with Crippen molar-refractivity contribution in [1.82, 2.24) is 9.55 Å². The van der Waals surface area contributed by atoms with Crippen molar-refractivity contribution in [3.05, 3.63) is 47.8 Å². The molecule has 0 aliphatic carbocycles. The van der Waals surface area contributed by atoms with Gasteiger partial charge in [-0.05, 0) is 32.0 Å². The summed E-state index contributed by atoms with van der Waals surface area (Å²) in [5.74, 6) is -1.70. The first-order chi connectivity index (χ1) is 9.99. The van der Waals surface area contributed by atoms with E-state index < -0.39 is 17.5 Å². The van der Waals surface area contributed by atoms with Gasteiger partial charge in [0.15, 0.2) is 0 Å². The maximum atomic E-state index is 13.4. The fourth-order valence-corrected chi connectivity index (χ4v) is 2.51. The molecule has 2 heterocycles. The van der Waals surface area contributed by atoms with Crippen LogP contribution in [0.1, 0.15) is 35.9 Å². The largest absolute Gasteiger partial charge is 0.330 e. The number of carbonyl (C=O) groups is 2. The monoisotopic (exact) mass is 287 g/mol. The van der Waals surface area contributed by atoms with Gasteiger partial charge in [-0.15, -0.1) is 0 Å². The van der Waals surface area contributed by atoms with Gasteiger partial charge in [0.05, 0.1) is 29.8 Å². The summed E-state index contributed by atoms with van der Waals surface area (Å²) in [5, 5.41) is 0. The van der Waals surface area contributed by atoms with Crippen LogP contribution in [0.2, 0.25) is 0 Å². The molecule has 0 N–H and O–H groups in total. The van der Waals surface area contributed by atoms with E-state index in [1.807, 2.05) is 18.4 Å². The fourth-order valence-electron chi connectivity index (χ4n) is 2.51. The molecule has 0 bridgehead atoms. The van der Waals surface area contributed by atoms with Crippen LogP contribution in [0.5, 0.6) is 0 Å². The number of halogens is 1. The lowest BCUT2D eigenvalue weighted by Crippen LogP contribution is -2.30. The lowest BCUT2D eigenvalue weighted by atomic mass is 10.1. The molecule has 108 valence electrons. The molecule has 2 aromatic rings. The molecular formula is C15H14FN3O2. The van der Waals surface area contributed by atoms with Gasteiger partial charge in [-0.3, -0.25) is 14.5 Å². The molecule has 0 saturated carbocycles. The molecule has 5 nitrogen and oxygen atoms in total. The van der Waals surface area contributed by atoms with Crippen LogP contribution in [0, 0.1) is 5.82 Å². The van der Waals surface area contributed by atoms with Crippen LogP contribution in [0.3, 0.4) is 0 Å². The van der Waals surface area contributed by atoms with E-state index in [4.69, 9.17) is 0 Å². The number of carbonyl (C=O) groups excluding carboxylic acids is 2. The van der Waals surface area contributed by atoms with Crippen molar-refractivity contribution in [1.29, 1.82) is 0 Å². The Morgan fingerprint density at radius 2 is 2.05 bits per heavy atom. The molecule has 1 aliphatic rings. The first-order valence-electron chi connectivity index (χ1n) is 6.65. The van der Waals surface area contributed by atoms with Crippen molar-refractivity contribution in [2.24, 2.45) is 0 Å². The van der Waals surface area contributed by atoms with E-state index in [9.17, 15) is 14.0 Å². The highest BCUT2D eigenvalue weighted by Gasteiger charge is 2.36. The second kappa shape index (κ2) is 4.80. The number of hydrogen-bond donors (Lipinski definition) is 0. The summed E-state index contributed by atoms with van der Waals surface area (Å²) in [6.45, 7) is 4.19. The Balaban J connectivity index is 2.00. The van der Waals surface area contributed by atoms with Gasteiger partial charge in [-0.1, -0.05) is 0 Å². The number of ketones is 1. The third kappa shape index (κ3) is 2.12. The maximum Gasteiger partial charge on any atom is 0.299 e. The van der Waals surface area contributed by atoms with Gasteiger partial charge in [0.2, 0.25) is 0 Å². The molecule has 0 unspecified atom stereocenters. The molecule has 1 aromatic carbocycles. The number of benzene rings is 1. The number of rotatable bonds is 3. The van der Waals surface area contributed by atoms with Crippen molar-refractivity contribution in [3.63, 3.8) is 0 Å². The predicted molar refractivity (Wildman–Crippen MR) is 74.5 cm³/mol. The SMILES string of the molecule is CC(C)n1cncc1CN1C(=O)C(=O)c2ccc(F)cc21. The highest BCUT2D eigenvalue weighted by Crippen LogP contribution is 2.31. The van der Waals surface area contributed by atoms with Crippen molar-refractivity contribution >= 4 is 17.4 Å². The topological polar surface area (TPSA) is 55.2 Å². The lowest BCUT2D eigenvalue weighted by Gasteiger charge is -2.19. The summed E-state index contributed by atoms with van der Waals surface area (Å²) in [7, 11) is 0. The van der Waals surface area contributed by atoms with Gasteiger partial charge in [-0.25, -0.2) is 9.37 Å². The highest BCUT2D eigenvalue weighted by atomic mass is 19.1. The summed E-state index contributed by atoms with van der Waals surface area (Å²) in [5.41, 5.74) is 1.36. The van der Waals surface area contributed by atoms with E-state index in [2.05, 4.69) is 4.98 Å². The molecule has 0 saturated heterocycles. The number of hydrogen-bond acceptors (Lipinski definition) is 3. The zero-order valence-electron chi connectivity index (χ0n) is 11.7. The zero-order chi connectivity index (χ0) is 15.1. The number of amides is 1. The normalized spacial score (nSPS) is 14.2. The molecule has 0 atom stereocenters. The molecule has 3 rings (SSSR count). The first kappa shape index (κ1) is 13.5. The minimum Gasteiger partial charge on any atom is -0.330 e.